The van der Waals surface area contributed by atoms with Gasteiger partial charge in [-0.05, 0) is 80.8 Å². The summed E-state index contributed by atoms with van der Waals surface area (Å²) in [5.74, 6) is 0. The number of nitriles is 2. The van der Waals surface area contributed by atoms with Gasteiger partial charge in [0.15, 0.2) is 0 Å². The summed E-state index contributed by atoms with van der Waals surface area (Å²) in [5, 5.41) is 17.9. The Morgan fingerprint density at radius 1 is 1.03 bits per heavy atom. The van der Waals surface area contributed by atoms with E-state index in [1.54, 1.807) is 24.3 Å². The molecule has 6 heteroatoms. The third-order valence-electron chi connectivity index (χ3n) is 5.31. The first-order valence-corrected chi connectivity index (χ1v) is 11.1. The Bertz CT molecular complexity index is 1140. The van der Waals surface area contributed by atoms with Crippen LogP contribution in [0.25, 0.3) is 0 Å². The van der Waals surface area contributed by atoms with Gasteiger partial charge >= 0.3 is 0 Å². The predicted octanol–water partition coefficient (Wildman–Crippen LogP) is 4.74. The highest BCUT2D eigenvalue weighted by atomic mass is 32.2. The number of fused-ring (bicyclic) bond motifs is 2. The molecule has 0 heterocycles. The lowest BCUT2D eigenvalue weighted by Crippen LogP contribution is -2.35. The number of nitrogens with one attached hydrogen (secondary N) is 1. The molecule has 0 saturated heterocycles. The number of nitrogens with zero attached hydrogens (tertiary/aromatic N) is 2. The van der Waals surface area contributed by atoms with Crippen molar-refractivity contribution in [2.24, 2.45) is 5.73 Å². The molecule has 0 fully saturated rings. The Hall–Kier alpha value is -2.51. The lowest BCUT2D eigenvalue weighted by Gasteiger charge is -2.22. The lowest BCUT2D eigenvalue weighted by atomic mass is 10.0. The van der Waals surface area contributed by atoms with Crippen molar-refractivity contribution in [1.82, 2.24) is 4.72 Å². The molecule has 3 atom stereocenters. The van der Waals surface area contributed by atoms with Gasteiger partial charge in [-0.3, -0.25) is 0 Å². The van der Waals surface area contributed by atoms with Gasteiger partial charge in [-0.2, -0.15) is 10.5 Å². The Morgan fingerprint density at radius 3 is 2.10 bits per heavy atom. The molecular weight excluding hydrogens is 404 g/mol. The first kappa shape index (κ1) is 21.7. The Morgan fingerprint density at radius 2 is 1.55 bits per heavy atom. The smallest absolute Gasteiger partial charge is 0.0994 e. The summed E-state index contributed by atoms with van der Waals surface area (Å²) in [6.07, 6.45) is 2.58. The lowest BCUT2D eigenvalue weighted by molar-refractivity contribution is 0.596. The summed E-state index contributed by atoms with van der Waals surface area (Å²) >= 11 is 0. The molecule has 164 valence electrons. The van der Waals surface area contributed by atoms with Crippen LogP contribution >= 0.6 is 0 Å². The molecule has 0 bridgehead atoms. The van der Waals surface area contributed by atoms with E-state index in [4.69, 9.17) is 19.0 Å². The second kappa shape index (κ2) is 10.2. The van der Waals surface area contributed by atoms with Crippen molar-refractivity contribution < 1.29 is 6.95 Å². The monoisotopic (exact) mass is 438 g/mol. The third-order valence-corrected chi connectivity index (χ3v) is 6.85. The zero-order valence-electron chi connectivity index (χ0n) is 19.6. The van der Waals surface area contributed by atoms with E-state index in [0.29, 0.717) is 30.4 Å². The first-order chi connectivity index (χ1) is 14.9. The standard InChI is InChI=1S/C14H18N2OS.C10H10N2.CH4/c1-14(2,3)18(17)16-13-8-7-11-10(9-15)5-4-6-12(11)13;11-6-7-2-1-3-9-8(7)4-5-10(9)12;/h4-6,13,16H,7-8H2,1-3H3;1-3,10H,4-5,12H2;1H4/t13-,18-;10-;/m00./s1/i13D;10D;. The summed E-state index contributed by atoms with van der Waals surface area (Å²) in [6, 6.07) is 13.1. The Balaban J connectivity index is 0.000000241. The normalized spacial score (nSPS) is 25.2. The van der Waals surface area contributed by atoms with Crippen LogP contribution in [0.5, 0.6) is 0 Å². The highest BCUT2D eigenvalue weighted by molar-refractivity contribution is 7.84. The molecule has 0 aliphatic heterocycles. The summed E-state index contributed by atoms with van der Waals surface area (Å²) in [6.45, 7) is 5.63. The number of hydrogen-bond donors (Lipinski definition) is 2. The summed E-state index contributed by atoms with van der Waals surface area (Å²) in [4.78, 5) is 0. The highest BCUT2D eigenvalue weighted by Gasteiger charge is 2.29. The van der Waals surface area contributed by atoms with Crippen molar-refractivity contribution in [2.45, 2.75) is 70.7 Å². The van der Waals surface area contributed by atoms with E-state index in [1.165, 1.54) is 0 Å². The molecule has 2 aliphatic carbocycles. The topological polar surface area (TPSA) is 103 Å². The quantitative estimate of drug-likeness (QED) is 0.707. The number of hydrogen-bond acceptors (Lipinski definition) is 4. The predicted molar refractivity (Wildman–Crippen MR) is 126 cm³/mol. The molecule has 0 aromatic heterocycles. The van der Waals surface area contributed by atoms with Gasteiger partial charge in [-0.15, -0.1) is 0 Å². The Labute approximate surface area is 191 Å². The van der Waals surface area contributed by atoms with Crippen LogP contribution in [0.3, 0.4) is 0 Å². The molecule has 0 unspecified atom stereocenters. The molecule has 0 spiro atoms. The minimum Gasteiger partial charge on any atom is -0.324 e. The maximum Gasteiger partial charge on any atom is 0.0994 e. The van der Waals surface area contributed by atoms with Crippen LogP contribution in [-0.4, -0.2) is 8.96 Å². The van der Waals surface area contributed by atoms with Crippen molar-refractivity contribution >= 4 is 11.0 Å². The van der Waals surface area contributed by atoms with Gasteiger partial charge in [0, 0.05) is 12.0 Å². The van der Waals surface area contributed by atoms with Crippen molar-refractivity contribution in [1.29, 1.82) is 10.5 Å². The summed E-state index contributed by atoms with van der Waals surface area (Å²) < 4.78 is 31.1. The van der Waals surface area contributed by atoms with Crippen LogP contribution in [0.2, 0.25) is 0 Å². The fourth-order valence-corrected chi connectivity index (χ4v) is 4.40. The van der Waals surface area contributed by atoms with E-state index in [-0.39, 0.29) is 7.43 Å². The highest BCUT2D eigenvalue weighted by Crippen LogP contribution is 2.34. The molecule has 0 saturated carbocycles. The molecule has 0 amide bonds. The zero-order valence-corrected chi connectivity index (χ0v) is 18.4. The van der Waals surface area contributed by atoms with Crippen LogP contribution in [0.1, 0.15) is 89.2 Å². The van der Waals surface area contributed by atoms with Gasteiger partial charge in [0.1, 0.15) is 0 Å². The molecule has 2 aliphatic rings. The largest absolute Gasteiger partial charge is 0.324 e. The maximum absolute atomic E-state index is 12.2. The van der Waals surface area contributed by atoms with Crippen molar-refractivity contribution in [3.63, 3.8) is 0 Å². The van der Waals surface area contributed by atoms with Gasteiger partial charge < -0.3 is 5.73 Å². The van der Waals surface area contributed by atoms with Gasteiger partial charge in [-0.25, -0.2) is 8.93 Å². The maximum atomic E-state index is 12.2. The van der Waals surface area contributed by atoms with E-state index in [9.17, 15) is 4.21 Å². The average Bonchev–Trinajstić information content (AvgIpc) is 3.24. The second-order valence-corrected chi connectivity index (χ2v) is 10.3. The Kier molecular flexibility index (Phi) is 7.14. The number of benzene rings is 2. The fourth-order valence-electron chi connectivity index (χ4n) is 3.66. The van der Waals surface area contributed by atoms with Crippen LogP contribution < -0.4 is 10.5 Å². The van der Waals surface area contributed by atoms with Crippen LogP contribution in [0.15, 0.2) is 36.4 Å². The average molecular weight is 439 g/mol. The van der Waals surface area contributed by atoms with Gasteiger partial charge in [0.05, 0.1) is 41.7 Å². The van der Waals surface area contributed by atoms with Gasteiger partial charge in [0.2, 0.25) is 0 Å². The summed E-state index contributed by atoms with van der Waals surface area (Å²) in [5.41, 5.74) is 10.5. The van der Waals surface area contributed by atoms with E-state index < -0.39 is 27.8 Å². The van der Waals surface area contributed by atoms with E-state index in [0.717, 1.165) is 28.7 Å². The SMILES string of the molecule is C.[2H][C@]1(N)CCc2c(C#N)cccc21.[2H][C@]1(N[S@@](=O)C(C)(C)C)CCc2c(C#N)cccc21. The fraction of sp³-hybridized carbons (Fsp3) is 0.440. The van der Waals surface area contributed by atoms with Crippen molar-refractivity contribution in [2.75, 3.05) is 0 Å². The molecule has 0 radical (unpaired) electrons. The molecular formula is C25H32N4OS. The second-order valence-electron chi connectivity index (χ2n) is 8.37. The van der Waals surface area contributed by atoms with E-state index in [2.05, 4.69) is 16.9 Å². The number of rotatable bonds is 2. The van der Waals surface area contributed by atoms with Crippen molar-refractivity contribution in [3.8, 4) is 12.1 Å². The molecule has 5 nitrogen and oxygen atoms in total. The molecule has 31 heavy (non-hydrogen) atoms. The molecule has 2 aromatic rings. The van der Waals surface area contributed by atoms with Crippen LogP contribution in [-0.2, 0) is 23.8 Å². The third kappa shape index (κ3) is 5.40. The van der Waals surface area contributed by atoms with Gasteiger partial charge in [0.25, 0.3) is 0 Å². The molecule has 2 aromatic carbocycles. The zero-order chi connectivity index (χ0) is 23.7. The van der Waals surface area contributed by atoms with Crippen molar-refractivity contribution in [3.05, 3.63) is 69.8 Å². The summed E-state index contributed by atoms with van der Waals surface area (Å²) in [7, 11) is -1.30. The minimum atomic E-state index is -1.30. The van der Waals surface area contributed by atoms with E-state index in [1.807, 2.05) is 32.9 Å². The van der Waals surface area contributed by atoms with E-state index >= 15 is 0 Å². The molecule has 3 N–H and O–H groups in total. The number of nitrogens with two attached hydrogens (primary N) is 1. The van der Waals surface area contributed by atoms with Crippen LogP contribution in [0.4, 0.5) is 0 Å². The van der Waals surface area contributed by atoms with Gasteiger partial charge in [-0.1, -0.05) is 31.7 Å². The van der Waals surface area contributed by atoms with Crippen LogP contribution in [0, 0.1) is 22.7 Å². The molecule has 4 rings (SSSR count). The first-order valence-electron chi connectivity index (χ1n) is 11.0. The minimum absolute atomic E-state index is 0.